The number of pyridine rings is 1. The second-order valence-electron chi connectivity index (χ2n) is 3.72. The lowest BCUT2D eigenvalue weighted by Gasteiger charge is -1.96. The van der Waals surface area contributed by atoms with Crippen LogP contribution in [0.15, 0.2) is 30.9 Å². The van der Waals surface area contributed by atoms with Gasteiger partial charge in [-0.2, -0.15) is 0 Å². The Kier molecular flexibility index (Phi) is 2.26. The third-order valence-corrected chi connectivity index (χ3v) is 2.69. The van der Waals surface area contributed by atoms with Gasteiger partial charge in [-0.25, -0.2) is 4.98 Å². The molecule has 88 valence electrons. The number of aromatic amines is 2. The smallest absolute Gasteiger partial charge is 0.228 e. The number of fused-ring (bicyclic) bond motifs is 1. The van der Waals surface area contributed by atoms with E-state index in [4.69, 9.17) is 0 Å². The Morgan fingerprint density at radius 1 is 1.33 bits per heavy atom. The van der Waals surface area contributed by atoms with Crippen LogP contribution in [-0.2, 0) is 4.79 Å². The van der Waals surface area contributed by atoms with Crippen LogP contribution >= 0.6 is 0 Å². The van der Waals surface area contributed by atoms with Gasteiger partial charge in [-0.15, -0.1) is 0 Å². The van der Waals surface area contributed by atoms with E-state index in [1.54, 1.807) is 30.9 Å². The third kappa shape index (κ3) is 1.43. The van der Waals surface area contributed by atoms with Crippen LogP contribution in [0.25, 0.3) is 22.4 Å². The molecule has 0 spiro atoms. The molecule has 0 atom stereocenters. The lowest BCUT2D eigenvalue weighted by molar-refractivity contribution is -0.104. The van der Waals surface area contributed by atoms with Gasteiger partial charge in [0, 0.05) is 24.0 Å². The average molecular weight is 240 g/mol. The lowest BCUT2D eigenvalue weighted by Crippen LogP contribution is -2.01. The van der Waals surface area contributed by atoms with Crippen LogP contribution in [-0.4, -0.2) is 32.0 Å². The molecule has 2 N–H and O–H groups in total. The molecule has 18 heavy (non-hydrogen) atoms. The van der Waals surface area contributed by atoms with Crippen molar-refractivity contribution in [3.05, 3.63) is 36.4 Å². The van der Waals surface area contributed by atoms with E-state index in [-0.39, 0.29) is 0 Å². The summed E-state index contributed by atoms with van der Waals surface area (Å²) in [6.07, 6.45) is 6.70. The zero-order valence-corrected chi connectivity index (χ0v) is 9.18. The molecule has 3 aromatic heterocycles. The van der Waals surface area contributed by atoms with Crippen molar-refractivity contribution in [3.8, 4) is 11.5 Å². The van der Waals surface area contributed by atoms with Gasteiger partial charge in [-0.1, -0.05) is 0 Å². The van der Waals surface area contributed by atoms with Crippen molar-refractivity contribution in [3.63, 3.8) is 0 Å². The number of carbonyl (C=O) groups is 2. The molecular formula is C12H8N4O2. The van der Waals surface area contributed by atoms with Crippen LogP contribution in [0, 0.1) is 0 Å². The first-order chi connectivity index (χ1) is 8.81. The van der Waals surface area contributed by atoms with Crippen molar-refractivity contribution >= 4 is 23.0 Å². The van der Waals surface area contributed by atoms with E-state index < -0.39 is 5.78 Å². The van der Waals surface area contributed by atoms with Gasteiger partial charge < -0.3 is 9.97 Å². The van der Waals surface area contributed by atoms with Gasteiger partial charge in [0.15, 0.2) is 12.1 Å². The minimum Gasteiger partial charge on any atom is -0.350 e. The van der Waals surface area contributed by atoms with Crippen LogP contribution in [0.2, 0.25) is 0 Å². The fourth-order valence-electron chi connectivity index (χ4n) is 1.94. The Bertz CT molecular complexity index is 728. The number of imidazole rings is 1. The summed E-state index contributed by atoms with van der Waals surface area (Å²) in [5.74, 6) is -0.0738. The predicted molar refractivity (Wildman–Crippen MR) is 64.1 cm³/mol. The van der Waals surface area contributed by atoms with Gasteiger partial charge in [0.2, 0.25) is 5.78 Å². The van der Waals surface area contributed by atoms with Crippen molar-refractivity contribution in [1.82, 2.24) is 19.9 Å². The molecule has 0 aliphatic heterocycles. The normalized spacial score (nSPS) is 10.7. The monoisotopic (exact) mass is 240 g/mol. The molecule has 0 fully saturated rings. The summed E-state index contributed by atoms with van der Waals surface area (Å²) in [4.78, 5) is 36.5. The Balaban J connectivity index is 2.37. The Labute approximate surface area is 101 Å². The molecule has 3 aromatic rings. The number of aromatic nitrogens is 4. The number of nitrogens with one attached hydrogen (secondary N) is 2. The molecule has 3 rings (SSSR count). The van der Waals surface area contributed by atoms with E-state index >= 15 is 0 Å². The summed E-state index contributed by atoms with van der Waals surface area (Å²) in [6.45, 7) is 0. The van der Waals surface area contributed by atoms with Gasteiger partial charge >= 0.3 is 0 Å². The van der Waals surface area contributed by atoms with Crippen molar-refractivity contribution in [2.45, 2.75) is 0 Å². The topological polar surface area (TPSA) is 91.5 Å². The molecule has 0 saturated carbocycles. The molecule has 0 bridgehead atoms. The molecular weight excluding hydrogens is 232 g/mol. The summed E-state index contributed by atoms with van der Waals surface area (Å²) in [6, 6.07) is 1.69. The highest BCUT2D eigenvalue weighted by Crippen LogP contribution is 2.27. The zero-order chi connectivity index (χ0) is 12.5. The van der Waals surface area contributed by atoms with E-state index in [2.05, 4.69) is 19.9 Å². The number of nitrogens with zero attached hydrogens (tertiary/aromatic N) is 2. The van der Waals surface area contributed by atoms with E-state index in [0.717, 1.165) is 0 Å². The Morgan fingerprint density at radius 2 is 2.22 bits per heavy atom. The number of H-pyrrole nitrogens is 2. The number of hydrogen-bond donors (Lipinski definition) is 2. The quantitative estimate of drug-likeness (QED) is 0.410. The number of aldehydes is 1. The number of ketones is 1. The van der Waals surface area contributed by atoms with Gasteiger partial charge in [-0.05, 0) is 6.07 Å². The first kappa shape index (κ1) is 10.4. The van der Waals surface area contributed by atoms with Crippen LogP contribution in [0.1, 0.15) is 10.4 Å². The van der Waals surface area contributed by atoms with Crippen LogP contribution in [0.3, 0.4) is 0 Å². The molecule has 0 saturated heterocycles. The van der Waals surface area contributed by atoms with Gasteiger partial charge in [0.25, 0.3) is 0 Å². The Morgan fingerprint density at radius 3 is 2.94 bits per heavy atom. The number of Topliss-reactive ketones (excluding diaryl/α,β-unsaturated/α-hetero) is 1. The number of hydrogen-bond acceptors (Lipinski definition) is 4. The maximum absolute atomic E-state index is 11.8. The summed E-state index contributed by atoms with van der Waals surface area (Å²) >= 11 is 0. The molecule has 0 aliphatic rings. The standard InChI is InChI=1S/C12H8N4O2/c17-6-9(18)10-7-1-2-13-5-8(7)16-11(10)12-14-3-4-15-12/h1-6,16H,(H,14,15). The summed E-state index contributed by atoms with van der Waals surface area (Å²) in [7, 11) is 0. The largest absolute Gasteiger partial charge is 0.350 e. The molecule has 0 aliphatic carbocycles. The summed E-state index contributed by atoms with van der Waals surface area (Å²) in [5, 5.41) is 0.661. The lowest BCUT2D eigenvalue weighted by atomic mass is 10.1. The van der Waals surface area contributed by atoms with Crippen LogP contribution < -0.4 is 0 Å². The minimum absolute atomic E-state index is 0.301. The van der Waals surface area contributed by atoms with Gasteiger partial charge in [-0.3, -0.25) is 14.6 Å². The molecule has 0 aromatic carbocycles. The van der Waals surface area contributed by atoms with Gasteiger partial charge in [0.1, 0.15) is 0 Å². The number of rotatable bonds is 3. The van der Waals surface area contributed by atoms with Crippen LogP contribution in [0.4, 0.5) is 0 Å². The highest BCUT2D eigenvalue weighted by atomic mass is 16.2. The SMILES string of the molecule is O=CC(=O)c1c(-c2ncc[nH]2)[nH]c2cnccc12. The highest BCUT2D eigenvalue weighted by Gasteiger charge is 2.20. The Hall–Kier alpha value is -2.76. The van der Waals surface area contributed by atoms with Gasteiger partial charge in [0.05, 0.1) is 23.0 Å². The minimum atomic E-state index is -0.584. The summed E-state index contributed by atoms with van der Waals surface area (Å²) in [5.41, 5.74) is 1.51. The maximum Gasteiger partial charge on any atom is 0.228 e. The molecule has 6 nitrogen and oxygen atoms in total. The van der Waals surface area contributed by atoms with E-state index in [1.165, 1.54) is 0 Å². The fourth-order valence-corrected chi connectivity index (χ4v) is 1.94. The molecule has 6 heteroatoms. The van der Waals surface area contributed by atoms with Crippen molar-refractivity contribution in [2.75, 3.05) is 0 Å². The second kappa shape index (κ2) is 3.92. The molecule has 3 heterocycles. The number of carbonyl (C=O) groups excluding carboxylic acids is 2. The average Bonchev–Trinajstić information content (AvgIpc) is 3.04. The zero-order valence-electron chi connectivity index (χ0n) is 9.18. The van der Waals surface area contributed by atoms with Crippen molar-refractivity contribution < 1.29 is 9.59 Å². The van der Waals surface area contributed by atoms with Crippen molar-refractivity contribution in [2.24, 2.45) is 0 Å². The molecule has 0 amide bonds. The fraction of sp³-hybridized carbons (Fsp3) is 0. The predicted octanol–water partition coefficient (Wildman–Crippen LogP) is 1.33. The van der Waals surface area contributed by atoms with E-state index in [9.17, 15) is 9.59 Å². The van der Waals surface area contributed by atoms with Crippen LogP contribution in [0.5, 0.6) is 0 Å². The first-order valence-corrected chi connectivity index (χ1v) is 5.26. The molecule has 0 unspecified atom stereocenters. The highest BCUT2D eigenvalue weighted by molar-refractivity contribution is 6.38. The molecule has 0 radical (unpaired) electrons. The first-order valence-electron chi connectivity index (χ1n) is 5.26. The second-order valence-corrected chi connectivity index (χ2v) is 3.72. The summed E-state index contributed by atoms with van der Waals surface area (Å²) < 4.78 is 0. The third-order valence-electron chi connectivity index (χ3n) is 2.69. The van der Waals surface area contributed by atoms with E-state index in [0.29, 0.717) is 34.3 Å². The van der Waals surface area contributed by atoms with Crippen molar-refractivity contribution in [1.29, 1.82) is 0 Å². The maximum atomic E-state index is 11.8. The van der Waals surface area contributed by atoms with E-state index in [1.807, 2.05) is 0 Å².